The number of hydrogen-bond acceptors (Lipinski definition) is 5. The third kappa shape index (κ3) is 52.2. The zero-order valence-electron chi connectivity index (χ0n) is 30.6. The lowest BCUT2D eigenvalue weighted by Crippen LogP contribution is -2.22. The van der Waals surface area contributed by atoms with E-state index in [2.05, 4.69) is 24.6 Å². The normalized spacial score (nSPS) is 10.9. The molecule has 0 spiro atoms. The Balaban J connectivity index is -0.000000671. The van der Waals surface area contributed by atoms with Crippen molar-refractivity contribution in [1.29, 1.82) is 5.41 Å². The Kier molecular flexibility index (Phi) is 44.3. The zero-order chi connectivity index (χ0) is 35.0. The topological polar surface area (TPSA) is 195 Å². The standard InChI is InChI=1S/C18H39N3.C17H37N.CH4N2O3S/c1-2-3-4-5-6-7-8-9-10-11-12-13-14-15-16-17-21-18(19)20;1-2-3-4-5-6-7-8-9-10-11-12-13-14-15-16-17-18;2-1(3)7(4,5)6/h2-17H2,1H3,(H4,19,20,21);2-18H2,1H3;(H3,2,3)(H,4,5,6). The number of unbranched alkanes of at least 4 members (excludes halogenated alkanes) is 28. The maximum absolute atomic E-state index is 9.54. The molecular weight excluding hydrogens is 597 g/mol. The van der Waals surface area contributed by atoms with Crippen LogP contribution in [0.25, 0.3) is 0 Å². The van der Waals surface area contributed by atoms with Gasteiger partial charge in [0.1, 0.15) is 0 Å². The minimum atomic E-state index is -4.38. The number of hydrogen-bond donors (Lipinski definition) is 6. The number of nitrogens with one attached hydrogen (secondary N) is 1. The van der Waals surface area contributed by atoms with Gasteiger partial charge in [0, 0.05) is 6.54 Å². The van der Waals surface area contributed by atoms with Gasteiger partial charge < -0.3 is 22.9 Å². The summed E-state index contributed by atoms with van der Waals surface area (Å²) >= 11 is 0. The van der Waals surface area contributed by atoms with E-state index in [1.54, 1.807) is 0 Å². The van der Waals surface area contributed by atoms with Crippen molar-refractivity contribution in [2.24, 2.45) is 27.9 Å². The van der Waals surface area contributed by atoms with E-state index in [9.17, 15) is 8.42 Å². The first-order valence-electron chi connectivity index (χ1n) is 19.2. The van der Waals surface area contributed by atoms with E-state index < -0.39 is 15.3 Å². The van der Waals surface area contributed by atoms with Crippen LogP contribution in [0.1, 0.15) is 206 Å². The number of nitrogens with two attached hydrogens (primary N) is 4. The molecule has 0 aromatic carbocycles. The number of nitrogens with zero attached hydrogens (tertiary/aromatic N) is 1. The molecule has 10 N–H and O–H groups in total. The second kappa shape index (κ2) is 41.6. The molecule has 9 nitrogen and oxygen atoms in total. The second-order valence-corrected chi connectivity index (χ2v) is 14.2. The predicted molar refractivity (Wildman–Crippen MR) is 203 cm³/mol. The summed E-state index contributed by atoms with van der Waals surface area (Å²) < 4.78 is 26.8. The Morgan fingerprint density at radius 3 is 0.913 bits per heavy atom. The van der Waals surface area contributed by atoms with Crippen molar-refractivity contribution >= 4 is 21.2 Å². The Morgan fingerprint density at radius 2 is 0.717 bits per heavy atom. The molecule has 0 unspecified atom stereocenters. The highest BCUT2D eigenvalue weighted by Gasteiger charge is 2.05. The molecule has 0 bridgehead atoms. The van der Waals surface area contributed by atoms with Gasteiger partial charge in [0.15, 0.2) is 5.96 Å². The molecule has 0 aliphatic carbocycles. The highest BCUT2D eigenvalue weighted by molar-refractivity contribution is 8.01. The number of rotatable bonds is 31. The molecule has 0 saturated carbocycles. The van der Waals surface area contributed by atoms with Crippen LogP contribution in [0.2, 0.25) is 0 Å². The van der Waals surface area contributed by atoms with E-state index >= 15 is 0 Å². The average Bonchev–Trinajstić information content (AvgIpc) is 3.01. The Hall–Kier alpha value is -1.39. The van der Waals surface area contributed by atoms with Crippen LogP contribution in [0.3, 0.4) is 0 Å². The monoisotopic (exact) mass is 677 g/mol. The third-order valence-electron chi connectivity index (χ3n) is 8.14. The maximum Gasteiger partial charge on any atom is 0.327 e. The summed E-state index contributed by atoms with van der Waals surface area (Å²) in [5.74, 6) is 0.223. The smallest absolute Gasteiger partial charge is 0.327 e. The first kappa shape index (κ1) is 49.0. The van der Waals surface area contributed by atoms with Crippen LogP contribution >= 0.6 is 0 Å². The molecule has 278 valence electrons. The Bertz CT molecular complexity index is 715. The largest absolute Gasteiger partial charge is 0.373 e. The van der Waals surface area contributed by atoms with Crippen LogP contribution in [0.5, 0.6) is 0 Å². The van der Waals surface area contributed by atoms with Crippen LogP contribution in [0, 0.1) is 5.41 Å². The summed E-state index contributed by atoms with van der Waals surface area (Å²) in [6.07, 6.45) is 42.2. The van der Waals surface area contributed by atoms with Gasteiger partial charge >= 0.3 is 10.1 Å². The number of amidine groups is 1. The summed E-state index contributed by atoms with van der Waals surface area (Å²) in [7, 11) is -4.38. The van der Waals surface area contributed by atoms with Gasteiger partial charge in [-0.25, -0.2) is 0 Å². The van der Waals surface area contributed by atoms with E-state index in [-0.39, 0.29) is 5.96 Å². The van der Waals surface area contributed by atoms with Crippen LogP contribution in [0.4, 0.5) is 0 Å². The molecule has 0 rings (SSSR count). The van der Waals surface area contributed by atoms with Gasteiger partial charge in [-0.2, -0.15) is 8.42 Å². The van der Waals surface area contributed by atoms with Gasteiger partial charge in [0.2, 0.25) is 5.17 Å². The SMILES string of the molecule is CCCCCCCCCCCCCCCCCN.CCCCCCCCCCCCCCCCCN=C(N)N.N=C(N)S(=O)(=O)O. The molecule has 0 aromatic heterocycles. The van der Waals surface area contributed by atoms with Gasteiger partial charge in [-0.1, -0.05) is 194 Å². The third-order valence-corrected chi connectivity index (χ3v) is 8.70. The quantitative estimate of drug-likeness (QED) is 0.0182. The lowest BCUT2D eigenvalue weighted by molar-refractivity contribution is 0.497. The molecule has 10 heteroatoms. The molecule has 0 aromatic rings. The van der Waals surface area contributed by atoms with E-state index in [1.165, 1.54) is 186 Å². The summed E-state index contributed by atoms with van der Waals surface area (Å²) in [5.41, 5.74) is 20.4. The molecule has 0 aliphatic rings. The Labute approximate surface area is 286 Å². The number of guanidine groups is 1. The molecule has 0 amide bonds. The van der Waals surface area contributed by atoms with Crippen molar-refractivity contribution in [2.45, 2.75) is 206 Å². The van der Waals surface area contributed by atoms with Gasteiger partial charge in [-0.05, 0) is 19.4 Å². The van der Waals surface area contributed by atoms with Crippen molar-refractivity contribution in [2.75, 3.05) is 13.1 Å². The van der Waals surface area contributed by atoms with Gasteiger partial charge in [-0.3, -0.25) is 15.0 Å². The molecule has 0 saturated heterocycles. The summed E-state index contributed by atoms with van der Waals surface area (Å²) in [5, 5.41) is 4.86. The van der Waals surface area contributed by atoms with Crippen molar-refractivity contribution in [3.05, 3.63) is 0 Å². The molecule has 0 aliphatic heterocycles. The van der Waals surface area contributed by atoms with Crippen LogP contribution in [0.15, 0.2) is 4.99 Å². The molecule has 46 heavy (non-hydrogen) atoms. The maximum atomic E-state index is 9.54. The fraction of sp³-hybridized carbons (Fsp3) is 0.944. The van der Waals surface area contributed by atoms with Crippen molar-refractivity contribution < 1.29 is 13.0 Å². The zero-order valence-corrected chi connectivity index (χ0v) is 31.4. The van der Waals surface area contributed by atoms with Gasteiger partial charge in [0.05, 0.1) is 0 Å². The van der Waals surface area contributed by atoms with Gasteiger partial charge in [-0.15, -0.1) is 0 Å². The van der Waals surface area contributed by atoms with E-state index in [4.69, 9.17) is 27.2 Å². The van der Waals surface area contributed by atoms with Crippen LogP contribution in [-0.2, 0) is 10.1 Å². The first-order chi connectivity index (χ1) is 22.1. The van der Waals surface area contributed by atoms with Gasteiger partial charge in [0.25, 0.3) is 0 Å². The van der Waals surface area contributed by atoms with Crippen LogP contribution < -0.4 is 22.9 Å². The summed E-state index contributed by atoms with van der Waals surface area (Å²) in [6, 6.07) is 0. The van der Waals surface area contributed by atoms with Crippen molar-refractivity contribution in [3.63, 3.8) is 0 Å². The van der Waals surface area contributed by atoms with E-state index in [0.29, 0.717) is 0 Å². The minimum Gasteiger partial charge on any atom is -0.373 e. The van der Waals surface area contributed by atoms with E-state index in [1.807, 2.05) is 0 Å². The van der Waals surface area contributed by atoms with Crippen molar-refractivity contribution in [3.8, 4) is 0 Å². The molecule has 0 heterocycles. The minimum absolute atomic E-state index is 0.223. The fourth-order valence-electron chi connectivity index (χ4n) is 5.21. The van der Waals surface area contributed by atoms with E-state index in [0.717, 1.165) is 19.5 Å². The molecule has 0 radical (unpaired) electrons. The second-order valence-electron chi connectivity index (χ2n) is 12.8. The summed E-state index contributed by atoms with van der Waals surface area (Å²) in [6.45, 7) is 6.23. The molecular formula is C36H80N6O3S. The molecule has 0 fully saturated rings. The highest BCUT2D eigenvalue weighted by Crippen LogP contribution is 2.14. The lowest BCUT2D eigenvalue weighted by atomic mass is 10.0. The first-order valence-corrected chi connectivity index (χ1v) is 20.6. The highest BCUT2D eigenvalue weighted by atomic mass is 32.2. The summed E-state index contributed by atoms with van der Waals surface area (Å²) in [4.78, 5) is 4.00. The van der Waals surface area contributed by atoms with Crippen molar-refractivity contribution in [1.82, 2.24) is 0 Å². The average molecular weight is 677 g/mol. The predicted octanol–water partition coefficient (Wildman–Crippen LogP) is 9.72. The fourth-order valence-corrected chi connectivity index (χ4v) is 5.21. The van der Waals surface area contributed by atoms with Crippen LogP contribution in [-0.4, -0.2) is 37.2 Å². The lowest BCUT2D eigenvalue weighted by Gasteiger charge is -2.03. The Morgan fingerprint density at radius 1 is 0.500 bits per heavy atom. The molecule has 0 atom stereocenters. The number of aliphatic imine (C=N–C) groups is 1.